The number of nitrogens with one attached hydrogen (secondary N) is 1. The quantitative estimate of drug-likeness (QED) is 0.626. The first-order chi connectivity index (χ1) is 16.5. The number of imide groups is 1. The molecule has 0 bridgehead atoms. The number of β-lactam (4-membered cyclic amide) rings is 1. The van der Waals surface area contributed by atoms with E-state index in [0.29, 0.717) is 12.3 Å². The monoisotopic (exact) mass is 462 g/mol. The minimum Gasteiger partial charge on any atom is -0.335 e. The summed E-state index contributed by atoms with van der Waals surface area (Å²) in [5.41, 5.74) is 1.64. The molecule has 7 nitrogen and oxygen atoms in total. The first-order valence-corrected chi connectivity index (χ1v) is 12.4. The number of carbonyl (C=O) groups is 3. The molecule has 0 radical (unpaired) electrons. The van der Waals surface area contributed by atoms with Crippen molar-refractivity contribution >= 4 is 23.5 Å². The molecule has 1 saturated heterocycles. The number of carbonyl (C=O) groups excluding carboxylic acids is 3. The SMILES string of the molecule is CCC(NC(=O)N1C(=O)[C@H](Cc2ccncc2)C1C(=O)N(C)c1ccccc1)C1CCCCC1. The predicted octanol–water partition coefficient (Wildman–Crippen LogP) is 4.18. The number of hydrogen-bond acceptors (Lipinski definition) is 4. The van der Waals surface area contributed by atoms with Crippen LogP contribution >= 0.6 is 0 Å². The highest BCUT2D eigenvalue weighted by atomic mass is 16.2. The van der Waals surface area contributed by atoms with Crippen LogP contribution in [0, 0.1) is 11.8 Å². The summed E-state index contributed by atoms with van der Waals surface area (Å²) in [7, 11) is 1.69. The molecule has 1 aromatic carbocycles. The summed E-state index contributed by atoms with van der Waals surface area (Å²) in [6, 6.07) is 11.7. The summed E-state index contributed by atoms with van der Waals surface area (Å²) in [5, 5.41) is 3.10. The van der Waals surface area contributed by atoms with Gasteiger partial charge < -0.3 is 10.2 Å². The van der Waals surface area contributed by atoms with Crippen LogP contribution in [0.2, 0.25) is 0 Å². The predicted molar refractivity (Wildman–Crippen MR) is 131 cm³/mol. The van der Waals surface area contributed by atoms with Gasteiger partial charge in [-0.1, -0.05) is 44.4 Å². The van der Waals surface area contributed by atoms with Gasteiger partial charge in [0.2, 0.25) is 5.91 Å². The number of urea groups is 1. The standard InChI is InChI=1S/C27H34N4O3/c1-3-23(20-10-6-4-7-11-20)29-27(34)31-24(26(33)30(2)21-12-8-5-9-13-21)22(25(31)32)18-19-14-16-28-17-15-19/h5,8-9,12-17,20,22-24H,3-4,6-7,10-11,18H2,1-2H3,(H,29,34)/t22-,23?,24?/m1/s1. The first kappa shape index (κ1) is 23.9. The average Bonchev–Trinajstić information content (AvgIpc) is 2.89. The molecule has 2 aliphatic rings. The molecule has 2 unspecified atom stereocenters. The van der Waals surface area contributed by atoms with E-state index in [4.69, 9.17) is 0 Å². The number of aromatic nitrogens is 1. The van der Waals surface area contributed by atoms with Crippen LogP contribution in [-0.2, 0) is 16.0 Å². The number of likely N-dealkylation sites (N-methyl/N-ethyl adjacent to an activating group) is 1. The van der Waals surface area contributed by atoms with Gasteiger partial charge in [0.15, 0.2) is 0 Å². The molecular formula is C27H34N4O3. The molecule has 2 heterocycles. The van der Waals surface area contributed by atoms with Gasteiger partial charge in [0.05, 0.1) is 5.92 Å². The van der Waals surface area contributed by atoms with Crippen molar-refractivity contribution in [2.75, 3.05) is 11.9 Å². The summed E-state index contributed by atoms with van der Waals surface area (Å²) in [5.74, 6) is -0.715. The highest BCUT2D eigenvalue weighted by Gasteiger charge is 2.55. The normalized spacial score (nSPS) is 21.5. The lowest BCUT2D eigenvalue weighted by atomic mass is 9.81. The summed E-state index contributed by atoms with van der Waals surface area (Å²) in [4.78, 5) is 46.8. The van der Waals surface area contributed by atoms with Gasteiger partial charge in [0.25, 0.3) is 5.91 Å². The van der Waals surface area contributed by atoms with E-state index in [0.717, 1.165) is 35.4 Å². The molecule has 3 atom stereocenters. The lowest BCUT2D eigenvalue weighted by Crippen LogP contribution is -2.71. The van der Waals surface area contributed by atoms with Crippen LogP contribution in [0.1, 0.15) is 51.0 Å². The molecular weight excluding hydrogens is 428 g/mol. The van der Waals surface area contributed by atoms with Crippen molar-refractivity contribution in [1.82, 2.24) is 15.2 Å². The van der Waals surface area contributed by atoms with Gasteiger partial charge in [0, 0.05) is 31.2 Å². The Hall–Kier alpha value is -3.22. The fourth-order valence-electron chi connectivity index (χ4n) is 5.32. The number of pyridine rings is 1. The van der Waals surface area contributed by atoms with Crippen LogP contribution in [0.15, 0.2) is 54.9 Å². The van der Waals surface area contributed by atoms with E-state index < -0.39 is 18.0 Å². The molecule has 1 saturated carbocycles. The van der Waals surface area contributed by atoms with Crippen LogP contribution in [0.3, 0.4) is 0 Å². The summed E-state index contributed by atoms with van der Waals surface area (Å²) in [6.45, 7) is 2.07. The number of hydrogen-bond donors (Lipinski definition) is 1. The smallest absolute Gasteiger partial charge is 0.325 e. The van der Waals surface area contributed by atoms with E-state index in [-0.39, 0.29) is 17.9 Å². The Morgan fingerprint density at radius 3 is 2.41 bits per heavy atom. The van der Waals surface area contributed by atoms with Gasteiger partial charge in [-0.3, -0.25) is 19.5 Å². The zero-order valence-corrected chi connectivity index (χ0v) is 20.0. The van der Waals surface area contributed by atoms with Crippen molar-refractivity contribution in [3.05, 3.63) is 60.4 Å². The fourth-order valence-corrected chi connectivity index (χ4v) is 5.32. The molecule has 0 spiro atoms. The molecule has 4 rings (SSSR count). The third-order valence-electron chi connectivity index (χ3n) is 7.33. The van der Waals surface area contributed by atoms with Crippen LogP contribution in [-0.4, -0.2) is 46.9 Å². The minimum absolute atomic E-state index is 0.0162. The Bertz CT molecular complexity index is 991. The number of nitrogens with zero attached hydrogens (tertiary/aromatic N) is 3. The van der Waals surface area contributed by atoms with Gasteiger partial charge in [-0.25, -0.2) is 4.79 Å². The largest absolute Gasteiger partial charge is 0.335 e. The lowest BCUT2D eigenvalue weighted by molar-refractivity contribution is -0.156. The van der Waals surface area contributed by atoms with Crippen LogP contribution in [0.5, 0.6) is 0 Å². The Kier molecular flexibility index (Phi) is 7.60. The molecule has 4 amide bonds. The summed E-state index contributed by atoms with van der Waals surface area (Å²) >= 11 is 0. The van der Waals surface area contributed by atoms with Crippen molar-refractivity contribution in [3.63, 3.8) is 0 Å². The van der Waals surface area contributed by atoms with Gasteiger partial charge >= 0.3 is 6.03 Å². The molecule has 2 fully saturated rings. The minimum atomic E-state index is -0.838. The van der Waals surface area contributed by atoms with Crippen molar-refractivity contribution in [2.24, 2.45) is 11.8 Å². The number of anilines is 1. The molecule has 180 valence electrons. The van der Waals surface area contributed by atoms with Crippen molar-refractivity contribution < 1.29 is 14.4 Å². The molecule has 2 aromatic rings. The van der Waals surface area contributed by atoms with E-state index in [1.165, 1.54) is 24.2 Å². The lowest BCUT2D eigenvalue weighted by Gasteiger charge is -2.46. The Morgan fingerprint density at radius 1 is 1.09 bits per heavy atom. The van der Waals surface area contributed by atoms with Crippen molar-refractivity contribution in [1.29, 1.82) is 0 Å². The highest BCUT2D eigenvalue weighted by Crippen LogP contribution is 2.33. The van der Waals surface area contributed by atoms with Crippen molar-refractivity contribution in [2.45, 2.75) is 64.0 Å². The maximum Gasteiger partial charge on any atom is 0.325 e. The topological polar surface area (TPSA) is 82.6 Å². The molecule has 34 heavy (non-hydrogen) atoms. The number of benzene rings is 1. The van der Waals surface area contributed by atoms with Gasteiger partial charge in [-0.2, -0.15) is 0 Å². The zero-order chi connectivity index (χ0) is 24.1. The molecule has 7 heteroatoms. The van der Waals surface area contributed by atoms with Crippen molar-refractivity contribution in [3.8, 4) is 0 Å². The first-order valence-electron chi connectivity index (χ1n) is 12.4. The van der Waals surface area contributed by atoms with E-state index >= 15 is 0 Å². The average molecular weight is 463 g/mol. The maximum atomic E-state index is 13.6. The third kappa shape index (κ3) is 4.98. The molecule has 1 aliphatic carbocycles. The number of para-hydroxylation sites is 1. The summed E-state index contributed by atoms with van der Waals surface area (Å²) < 4.78 is 0. The second-order valence-electron chi connectivity index (χ2n) is 9.41. The van der Waals surface area contributed by atoms with Crippen LogP contribution in [0.25, 0.3) is 0 Å². The highest BCUT2D eigenvalue weighted by molar-refractivity contribution is 6.12. The molecule has 1 aliphatic heterocycles. The van der Waals surface area contributed by atoms with Crippen LogP contribution < -0.4 is 10.2 Å². The van der Waals surface area contributed by atoms with Crippen LogP contribution in [0.4, 0.5) is 10.5 Å². The molecule has 1 aromatic heterocycles. The zero-order valence-electron chi connectivity index (χ0n) is 20.0. The number of rotatable bonds is 7. The van der Waals surface area contributed by atoms with Gasteiger partial charge in [0.1, 0.15) is 6.04 Å². The van der Waals surface area contributed by atoms with E-state index in [1.807, 2.05) is 42.5 Å². The fraction of sp³-hybridized carbons (Fsp3) is 0.481. The number of likely N-dealkylation sites (tertiary alicyclic amines) is 1. The maximum absolute atomic E-state index is 13.6. The van der Waals surface area contributed by atoms with Gasteiger partial charge in [-0.15, -0.1) is 0 Å². The van der Waals surface area contributed by atoms with Gasteiger partial charge in [-0.05, 0) is 61.4 Å². The Labute approximate surface area is 201 Å². The molecule has 1 N–H and O–H groups in total. The van der Waals surface area contributed by atoms with E-state index in [2.05, 4.69) is 17.2 Å². The van der Waals surface area contributed by atoms with E-state index in [9.17, 15) is 14.4 Å². The third-order valence-corrected chi connectivity index (χ3v) is 7.33. The Balaban J connectivity index is 1.54. The summed E-state index contributed by atoms with van der Waals surface area (Å²) in [6.07, 6.45) is 10.3. The second kappa shape index (κ2) is 10.8. The second-order valence-corrected chi connectivity index (χ2v) is 9.41. The number of amides is 4. The van der Waals surface area contributed by atoms with E-state index in [1.54, 1.807) is 19.4 Å². The Morgan fingerprint density at radius 2 is 1.76 bits per heavy atom.